The molecule has 11 heteroatoms. The Hall–Kier alpha value is -2.78. The van der Waals surface area contributed by atoms with Crippen molar-refractivity contribution in [1.82, 2.24) is 15.5 Å². The average molecular weight is 446 g/mol. The SMILES string of the molecule is O=C(N[C@@]1(C(F)(F)F)NC(=O)N(Cc2ccccc2)C1=O)c1ccc(Cl)cc1Cl. The second-order valence-electron chi connectivity index (χ2n) is 6.13. The van der Waals surface area contributed by atoms with Crippen molar-refractivity contribution < 1.29 is 27.6 Å². The van der Waals surface area contributed by atoms with Crippen LogP contribution in [0.3, 0.4) is 0 Å². The standard InChI is InChI=1S/C18H12Cl2F3N3O3/c19-11-6-7-12(13(20)8-11)14(27)24-17(18(21,22)23)15(28)26(16(29)25-17)9-10-4-2-1-3-5-10/h1-8H,9H2,(H,24,27)(H,25,29)/t17-/m1/s1. The Balaban J connectivity index is 1.94. The summed E-state index contributed by atoms with van der Waals surface area (Å²) in [6.07, 6.45) is -5.32. The summed E-state index contributed by atoms with van der Waals surface area (Å²) in [4.78, 5) is 37.7. The maximum Gasteiger partial charge on any atom is 0.440 e. The Bertz CT molecular complexity index is 985. The molecule has 1 heterocycles. The minimum atomic E-state index is -5.32. The lowest BCUT2D eigenvalue weighted by molar-refractivity contribution is -0.200. The van der Waals surface area contributed by atoms with E-state index in [1.807, 2.05) is 0 Å². The number of hydrogen-bond acceptors (Lipinski definition) is 3. The number of amides is 4. The van der Waals surface area contributed by atoms with Crippen molar-refractivity contribution in [2.45, 2.75) is 18.4 Å². The minimum Gasteiger partial charge on any atom is -0.314 e. The Morgan fingerprint density at radius 1 is 1.10 bits per heavy atom. The number of urea groups is 1. The van der Waals surface area contributed by atoms with Crippen molar-refractivity contribution in [2.75, 3.05) is 0 Å². The topological polar surface area (TPSA) is 78.5 Å². The van der Waals surface area contributed by atoms with Crippen LogP contribution in [0.25, 0.3) is 0 Å². The predicted octanol–water partition coefficient (Wildman–Crippen LogP) is 3.73. The molecular weight excluding hydrogens is 434 g/mol. The highest BCUT2D eigenvalue weighted by molar-refractivity contribution is 6.36. The van der Waals surface area contributed by atoms with Gasteiger partial charge >= 0.3 is 12.2 Å². The van der Waals surface area contributed by atoms with Crippen molar-refractivity contribution in [3.8, 4) is 0 Å². The summed E-state index contributed by atoms with van der Waals surface area (Å²) < 4.78 is 41.6. The molecule has 0 bridgehead atoms. The van der Waals surface area contributed by atoms with Gasteiger partial charge in [0.1, 0.15) is 0 Å². The van der Waals surface area contributed by atoms with Gasteiger partial charge in [0.2, 0.25) is 0 Å². The molecule has 0 saturated carbocycles. The van der Waals surface area contributed by atoms with Gasteiger partial charge in [-0.05, 0) is 23.8 Å². The summed E-state index contributed by atoms with van der Waals surface area (Å²) in [7, 11) is 0. The number of carbonyl (C=O) groups excluding carboxylic acids is 3. The first kappa shape index (κ1) is 20.9. The molecule has 4 amide bonds. The van der Waals surface area contributed by atoms with E-state index in [4.69, 9.17) is 23.2 Å². The van der Waals surface area contributed by atoms with Crippen LogP contribution in [0.2, 0.25) is 10.0 Å². The second-order valence-corrected chi connectivity index (χ2v) is 6.98. The first-order valence-corrected chi connectivity index (χ1v) is 8.83. The van der Waals surface area contributed by atoms with Gasteiger partial charge in [-0.1, -0.05) is 53.5 Å². The molecule has 29 heavy (non-hydrogen) atoms. The zero-order valence-electron chi connectivity index (χ0n) is 14.4. The normalized spacial score (nSPS) is 19.3. The molecule has 0 aromatic heterocycles. The highest BCUT2D eigenvalue weighted by Crippen LogP contribution is 2.35. The molecule has 2 aromatic carbocycles. The molecule has 1 atom stereocenters. The fourth-order valence-electron chi connectivity index (χ4n) is 2.74. The van der Waals surface area contributed by atoms with Gasteiger partial charge in [-0.2, -0.15) is 13.2 Å². The number of halogens is 5. The van der Waals surface area contributed by atoms with E-state index >= 15 is 0 Å². The lowest BCUT2D eigenvalue weighted by atomic mass is 10.1. The minimum absolute atomic E-state index is 0.163. The lowest BCUT2D eigenvalue weighted by Crippen LogP contribution is -2.69. The quantitative estimate of drug-likeness (QED) is 0.703. The Labute approximate surface area is 172 Å². The van der Waals surface area contributed by atoms with Crippen LogP contribution < -0.4 is 10.6 Å². The Morgan fingerprint density at radius 2 is 1.76 bits per heavy atom. The Morgan fingerprint density at radius 3 is 2.34 bits per heavy atom. The molecule has 0 radical (unpaired) electrons. The summed E-state index contributed by atoms with van der Waals surface area (Å²) >= 11 is 11.6. The molecule has 1 saturated heterocycles. The number of alkyl halides is 3. The number of benzene rings is 2. The van der Waals surface area contributed by atoms with Crippen LogP contribution in [-0.4, -0.2) is 34.6 Å². The molecule has 1 aliphatic heterocycles. The fraction of sp³-hybridized carbons (Fsp3) is 0.167. The molecule has 3 rings (SSSR count). The summed E-state index contributed by atoms with van der Waals surface area (Å²) in [6.45, 7) is -0.402. The van der Waals surface area contributed by atoms with Crippen LogP contribution >= 0.6 is 23.2 Å². The molecule has 0 aliphatic carbocycles. The van der Waals surface area contributed by atoms with E-state index in [0.29, 0.717) is 10.5 Å². The van der Waals surface area contributed by atoms with Gasteiger partial charge in [-0.3, -0.25) is 19.8 Å². The van der Waals surface area contributed by atoms with E-state index in [0.717, 1.165) is 12.1 Å². The second kappa shape index (κ2) is 7.57. The largest absolute Gasteiger partial charge is 0.440 e. The van der Waals surface area contributed by atoms with Gasteiger partial charge in [0, 0.05) is 5.02 Å². The number of hydrogen-bond donors (Lipinski definition) is 2. The summed E-state index contributed by atoms with van der Waals surface area (Å²) in [6, 6.07) is 10.2. The first-order chi connectivity index (χ1) is 13.5. The van der Waals surface area contributed by atoms with Gasteiger partial charge in [-0.15, -0.1) is 0 Å². The molecule has 2 N–H and O–H groups in total. The maximum absolute atomic E-state index is 13.9. The predicted molar refractivity (Wildman–Crippen MR) is 98.2 cm³/mol. The van der Waals surface area contributed by atoms with Gasteiger partial charge in [0.25, 0.3) is 17.5 Å². The van der Waals surface area contributed by atoms with Crippen LogP contribution in [0, 0.1) is 0 Å². The third-order valence-electron chi connectivity index (χ3n) is 4.19. The smallest absolute Gasteiger partial charge is 0.314 e. The monoisotopic (exact) mass is 445 g/mol. The molecule has 2 aromatic rings. The average Bonchev–Trinajstić information content (AvgIpc) is 2.87. The molecular formula is C18H12Cl2F3N3O3. The molecule has 1 fully saturated rings. The van der Waals surface area contributed by atoms with Crippen LogP contribution in [-0.2, 0) is 11.3 Å². The summed E-state index contributed by atoms with van der Waals surface area (Å²) in [5, 5.41) is 3.11. The van der Waals surface area contributed by atoms with E-state index in [9.17, 15) is 27.6 Å². The van der Waals surface area contributed by atoms with E-state index in [-0.39, 0.29) is 15.6 Å². The van der Waals surface area contributed by atoms with E-state index in [1.165, 1.54) is 6.07 Å². The third kappa shape index (κ3) is 3.88. The summed E-state index contributed by atoms with van der Waals surface area (Å²) in [5.74, 6) is -2.96. The Kier molecular flexibility index (Phi) is 5.46. The van der Waals surface area contributed by atoms with E-state index < -0.39 is 36.2 Å². The van der Waals surface area contributed by atoms with Crippen molar-refractivity contribution in [2.24, 2.45) is 0 Å². The number of nitrogens with one attached hydrogen (secondary N) is 2. The van der Waals surface area contributed by atoms with Gasteiger partial charge in [0.05, 0.1) is 17.1 Å². The van der Waals surface area contributed by atoms with Crippen LogP contribution in [0.4, 0.5) is 18.0 Å². The number of nitrogens with zero attached hydrogens (tertiary/aromatic N) is 1. The lowest BCUT2D eigenvalue weighted by Gasteiger charge is -2.30. The zero-order chi connectivity index (χ0) is 21.4. The highest BCUT2D eigenvalue weighted by atomic mass is 35.5. The van der Waals surface area contributed by atoms with Gasteiger partial charge in [-0.25, -0.2) is 4.79 Å². The molecule has 1 aliphatic rings. The van der Waals surface area contributed by atoms with Crippen LogP contribution in [0.5, 0.6) is 0 Å². The third-order valence-corrected chi connectivity index (χ3v) is 4.74. The highest BCUT2D eigenvalue weighted by Gasteiger charge is 2.68. The van der Waals surface area contributed by atoms with E-state index in [1.54, 1.807) is 41.0 Å². The van der Waals surface area contributed by atoms with Crippen molar-refractivity contribution in [1.29, 1.82) is 0 Å². The fourth-order valence-corrected chi connectivity index (χ4v) is 3.24. The number of imide groups is 1. The maximum atomic E-state index is 13.9. The van der Waals surface area contributed by atoms with Crippen molar-refractivity contribution in [3.05, 3.63) is 69.7 Å². The number of carbonyl (C=O) groups is 3. The van der Waals surface area contributed by atoms with Crippen LogP contribution in [0.1, 0.15) is 15.9 Å². The van der Waals surface area contributed by atoms with Gasteiger partial charge < -0.3 is 5.32 Å². The molecule has 0 spiro atoms. The number of rotatable bonds is 4. The van der Waals surface area contributed by atoms with Crippen molar-refractivity contribution in [3.63, 3.8) is 0 Å². The van der Waals surface area contributed by atoms with Crippen LogP contribution in [0.15, 0.2) is 48.5 Å². The molecule has 152 valence electrons. The van der Waals surface area contributed by atoms with E-state index in [2.05, 4.69) is 0 Å². The molecule has 0 unspecified atom stereocenters. The van der Waals surface area contributed by atoms with Crippen molar-refractivity contribution >= 4 is 41.0 Å². The first-order valence-electron chi connectivity index (χ1n) is 8.07. The summed E-state index contributed by atoms with van der Waals surface area (Å²) in [5.41, 5.74) is -3.54. The molecule has 6 nitrogen and oxygen atoms in total. The van der Waals surface area contributed by atoms with Gasteiger partial charge in [0.15, 0.2) is 0 Å². The zero-order valence-corrected chi connectivity index (χ0v) is 15.9.